The first kappa shape index (κ1) is 14.8. The number of carboxylic acid groups (broad SMARTS) is 1. The molecule has 112 valence electrons. The fourth-order valence-corrected chi connectivity index (χ4v) is 1.98. The lowest BCUT2D eigenvalue weighted by atomic mass is 10.1. The largest absolute Gasteiger partial charge is 0.478 e. The zero-order chi connectivity index (χ0) is 15.8. The van der Waals surface area contributed by atoms with E-state index in [1.54, 1.807) is 0 Å². The second-order valence-corrected chi connectivity index (χ2v) is 4.36. The Hall–Kier alpha value is -2.58. The molecule has 1 aromatic carbocycles. The van der Waals surface area contributed by atoms with Gasteiger partial charge in [0.1, 0.15) is 0 Å². The van der Waals surface area contributed by atoms with Gasteiger partial charge in [0.05, 0.1) is 24.2 Å². The van der Waals surface area contributed by atoms with Crippen LogP contribution in [-0.2, 0) is 15.8 Å². The molecule has 2 amide bonds. The van der Waals surface area contributed by atoms with Crippen molar-refractivity contribution < 1.29 is 32.7 Å². The van der Waals surface area contributed by atoms with Crippen molar-refractivity contribution in [3.05, 3.63) is 29.3 Å². The van der Waals surface area contributed by atoms with Gasteiger partial charge in [-0.1, -0.05) is 0 Å². The van der Waals surface area contributed by atoms with Crippen molar-refractivity contribution in [3.63, 3.8) is 0 Å². The van der Waals surface area contributed by atoms with E-state index < -0.39 is 53.9 Å². The van der Waals surface area contributed by atoms with Crippen molar-refractivity contribution in [2.75, 3.05) is 18.0 Å². The van der Waals surface area contributed by atoms with Crippen LogP contribution < -0.4 is 10.2 Å². The molecular weight excluding hydrogens is 293 g/mol. The zero-order valence-electron chi connectivity index (χ0n) is 10.4. The lowest BCUT2D eigenvalue weighted by Gasteiger charge is -2.29. The van der Waals surface area contributed by atoms with Gasteiger partial charge in [0.25, 0.3) is 0 Å². The van der Waals surface area contributed by atoms with Crippen LogP contribution in [0, 0.1) is 0 Å². The number of amides is 2. The minimum atomic E-state index is -4.81. The third-order valence-corrected chi connectivity index (χ3v) is 2.84. The number of benzene rings is 1. The third-order valence-electron chi connectivity index (χ3n) is 2.84. The zero-order valence-corrected chi connectivity index (χ0v) is 10.4. The normalized spacial score (nSPS) is 15.9. The molecule has 0 aromatic heterocycles. The van der Waals surface area contributed by atoms with Gasteiger partial charge in [0.2, 0.25) is 11.8 Å². The fourth-order valence-electron chi connectivity index (χ4n) is 1.98. The summed E-state index contributed by atoms with van der Waals surface area (Å²) in [6.07, 6.45) is -4.81. The number of rotatable bonds is 2. The molecule has 1 aliphatic rings. The molecule has 2 rings (SSSR count). The lowest BCUT2D eigenvalue weighted by Crippen LogP contribution is -2.52. The highest BCUT2D eigenvalue weighted by atomic mass is 19.4. The van der Waals surface area contributed by atoms with E-state index in [4.69, 9.17) is 5.11 Å². The number of nitrogens with zero attached hydrogens (tertiary/aromatic N) is 1. The fraction of sp³-hybridized carbons (Fsp3) is 0.250. The molecule has 6 nitrogen and oxygen atoms in total. The molecule has 9 heteroatoms. The number of carboxylic acids is 1. The number of carbonyl (C=O) groups excluding carboxylic acids is 2. The number of hydrogen-bond donors (Lipinski definition) is 2. The minimum absolute atomic E-state index is 0.407. The number of hydrogen-bond acceptors (Lipinski definition) is 4. The Morgan fingerprint density at radius 3 is 2.24 bits per heavy atom. The molecule has 0 unspecified atom stereocenters. The maximum absolute atomic E-state index is 13.0. The number of aromatic carboxylic acids is 1. The Morgan fingerprint density at radius 1 is 1.19 bits per heavy atom. The topological polar surface area (TPSA) is 86.7 Å². The van der Waals surface area contributed by atoms with Gasteiger partial charge in [0.15, 0.2) is 0 Å². The van der Waals surface area contributed by atoms with E-state index in [0.717, 1.165) is 17.0 Å². The van der Waals surface area contributed by atoms with Crippen LogP contribution in [0.15, 0.2) is 18.2 Å². The molecule has 0 spiro atoms. The van der Waals surface area contributed by atoms with Gasteiger partial charge in [-0.15, -0.1) is 0 Å². The number of alkyl halides is 3. The quantitative estimate of drug-likeness (QED) is 0.792. The molecule has 0 atom stereocenters. The van der Waals surface area contributed by atoms with Crippen molar-refractivity contribution in [1.82, 2.24) is 5.32 Å². The summed E-state index contributed by atoms with van der Waals surface area (Å²) in [5.74, 6) is -2.94. The van der Waals surface area contributed by atoms with Crippen LogP contribution in [-0.4, -0.2) is 36.0 Å². The SMILES string of the molecule is O=C1CN(c2ccc(C(=O)O)cc2C(F)(F)F)CC(=O)N1. The Kier molecular flexibility index (Phi) is 3.58. The third kappa shape index (κ3) is 3.12. The van der Waals surface area contributed by atoms with E-state index in [1.165, 1.54) is 0 Å². The van der Waals surface area contributed by atoms with Crippen LogP contribution in [0.1, 0.15) is 15.9 Å². The number of carbonyl (C=O) groups is 3. The van der Waals surface area contributed by atoms with Crippen molar-refractivity contribution in [2.45, 2.75) is 6.18 Å². The Balaban J connectivity index is 2.50. The molecule has 2 N–H and O–H groups in total. The van der Waals surface area contributed by atoms with E-state index >= 15 is 0 Å². The number of nitrogens with one attached hydrogen (secondary N) is 1. The van der Waals surface area contributed by atoms with Crippen LogP contribution in [0.2, 0.25) is 0 Å². The molecule has 1 fully saturated rings. The van der Waals surface area contributed by atoms with Gasteiger partial charge < -0.3 is 10.0 Å². The van der Waals surface area contributed by atoms with Crippen molar-refractivity contribution in [1.29, 1.82) is 0 Å². The molecule has 1 aromatic rings. The van der Waals surface area contributed by atoms with E-state index in [2.05, 4.69) is 0 Å². The number of anilines is 1. The number of halogens is 3. The molecule has 1 heterocycles. The van der Waals surface area contributed by atoms with Crippen molar-refractivity contribution in [3.8, 4) is 0 Å². The lowest BCUT2D eigenvalue weighted by molar-refractivity contribution is -0.138. The molecule has 0 radical (unpaired) electrons. The summed E-state index contributed by atoms with van der Waals surface area (Å²) in [6, 6.07) is 2.41. The summed E-state index contributed by atoms with van der Waals surface area (Å²) in [5.41, 5.74) is -2.14. The standard InChI is InChI=1S/C12H9F3N2O4/c13-12(14,15)7-3-6(11(20)21)1-2-8(7)17-4-9(18)16-10(19)5-17/h1-3H,4-5H2,(H,20,21)(H,16,18,19). The van der Waals surface area contributed by atoms with E-state index in [0.29, 0.717) is 6.07 Å². The number of piperazine rings is 1. The van der Waals surface area contributed by atoms with Gasteiger partial charge in [0, 0.05) is 5.69 Å². The van der Waals surface area contributed by atoms with Gasteiger partial charge in [-0.05, 0) is 18.2 Å². The minimum Gasteiger partial charge on any atom is -0.478 e. The molecule has 1 aliphatic heterocycles. The highest BCUT2D eigenvalue weighted by Gasteiger charge is 2.37. The molecule has 0 aliphatic carbocycles. The Morgan fingerprint density at radius 2 is 1.76 bits per heavy atom. The maximum atomic E-state index is 13.0. The maximum Gasteiger partial charge on any atom is 0.418 e. The summed E-state index contributed by atoms with van der Waals surface area (Å²) in [4.78, 5) is 34.2. The van der Waals surface area contributed by atoms with Gasteiger partial charge >= 0.3 is 12.1 Å². The molecule has 0 saturated carbocycles. The van der Waals surface area contributed by atoms with E-state index in [1.807, 2.05) is 5.32 Å². The smallest absolute Gasteiger partial charge is 0.418 e. The highest BCUT2D eigenvalue weighted by molar-refractivity contribution is 6.03. The average molecular weight is 302 g/mol. The summed E-state index contributed by atoms with van der Waals surface area (Å²) in [5, 5.41) is 10.7. The van der Waals surface area contributed by atoms with Crippen LogP contribution in [0.5, 0.6) is 0 Å². The first-order valence-electron chi connectivity index (χ1n) is 5.70. The van der Waals surface area contributed by atoms with Gasteiger partial charge in [-0.2, -0.15) is 13.2 Å². The Labute approximate surface area is 116 Å². The molecule has 1 saturated heterocycles. The van der Waals surface area contributed by atoms with Crippen molar-refractivity contribution >= 4 is 23.5 Å². The van der Waals surface area contributed by atoms with Crippen LogP contribution in [0.3, 0.4) is 0 Å². The van der Waals surface area contributed by atoms with Crippen LogP contribution in [0.4, 0.5) is 18.9 Å². The van der Waals surface area contributed by atoms with Crippen LogP contribution in [0.25, 0.3) is 0 Å². The van der Waals surface area contributed by atoms with Crippen molar-refractivity contribution in [2.24, 2.45) is 0 Å². The Bertz CT molecular complexity index is 611. The average Bonchev–Trinajstić information content (AvgIpc) is 2.35. The van der Waals surface area contributed by atoms with Gasteiger partial charge in [-0.3, -0.25) is 14.9 Å². The monoisotopic (exact) mass is 302 g/mol. The van der Waals surface area contributed by atoms with Crippen LogP contribution >= 0.6 is 0 Å². The summed E-state index contributed by atoms with van der Waals surface area (Å²) in [7, 11) is 0. The summed E-state index contributed by atoms with van der Waals surface area (Å²) >= 11 is 0. The predicted molar refractivity (Wildman–Crippen MR) is 63.8 cm³/mol. The number of imide groups is 1. The van der Waals surface area contributed by atoms with E-state index in [9.17, 15) is 27.6 Å². The summed E-state index contributed by atoms with van der Waals surface area (Å²) in [6.45, 7) is -0.831. The second-order valence-electron chi connectivity index (χ2n) is 4.36. The molecule has 21 heavy (non-hydrogen) atoms. The molecular formula is C12H9F3N2O4. The molecule has 0 bridgehead atoms. The van der Waals surface area contributed by atoms with E-state index in [-0.39, 0.29) is 0 Å². The highest BCUT2D eigenvalue weighted by Crippen LogP contribution is 2.37. The predicted octanol–water partition coefficient (Wildman–Crippen LogP) is 0.866. The summed E-state index contributed by atoms with van der Waals surface area (Å²) < 4.78 is 39.1. The van der Waals surface area contributed by atoms with Gasteiger partial charge in [-0.25, -0.2) is 4.79 Å². The second kappa shape index (κ2) is 5.08. The first-order valence-corrected chi connectivity index (χ1v) is 5.70. The first-order chi connectivity index (χ1) is 9.68.